The lowest BCUT2D eigenvalue weighted by molar-refractivity contribution is 0.669. The summed E-state index contributed by atoms with van der Waals surface area (Å²) in [5.41, 5.74) is 4.09. The van der Waals surface area contributed by atoms with E-state index in [0.29, 0.717) is 0 Å². The highest BCUT2D eigenvalue weighted by Crippen LogP contribution is 2.30. The van der Waals surface area contributed by atoms with E-state index in [2.05, 4.69) is 22.5 Å². The average molecular weight is 277 g/mol. The van der Waals surface area contributed by atoms with Crippen molar-refractivity contribution in [3.8, 4) is 0 Å². The largest absolute Gasteiger partial charge is 0.456 e. The van der Waals surface area contributed by atoms with Crippen molar-refractivity contribution in [2.24, 2.45) is 7.05 Å². The van der Waals surface area contributed by atoms with Gasteiger partial charge >= 0.3 is 0 Å². The highest BCUT2D eigenvalue weighted by molar-refractivity contribution is 6.05. The van der Waals surface area contributed by atoms with Crippen molar-refractivity contribution in [1.29, 1.82) is 0 Å². The van der Waals surface area contributed by atoms with Crippen LogP contribution in [-0.2, 0) is 13.6 Å². The van der Waals surface area contributed by atoms with Crippen LogP contribution in [0.15, 0.2) is 59.3 Å². The van der Waals surface area contributed by atoms with Gasteiger partial charge in [-0.15, -0.1) is 0 Å². The Morgan fingerprint density at radius 1 is 1.10 bits per heavy atom. The van der Waals surface area contributed by atoms with Gasteiger partial charge in [0.15, 0.2) is 0 Å². The maximum absolute atomic E-state index is 5.83. The lowest BCUT2D eigenvalue weighted by Crippen LogP contribution is -1.97. The molecule has 2 heterocycles. The van der Waals surface area contributed by atoms with Crippen molar-refractivity contribution in [3.05, 3.63) is 60.4 Å². The molecule has 0 aliphatic heterocycles. The number of hydrogen-bond donors (Lipinski definition) is 1. The molecule has 0 amide bonds. The summed E-state index contributed by atoms with van der Waals surface area (Å²) in [6.45, 7) is 0.759. The molecule has 4 aromatic rings. The first-order chi connectivity index (χ1) is 10.3. The number of aryl methyl sites for hydroxylation is 1. The fraction of sp³-hybridized carbons (Fsp3) is 0.118. The van der Waals surface area contributed by atoms with E-state index in [1.165, 1.54) is 0 Å². The average Bonchev–Trinajstić information content (AvgIpc) is 3.08. The fourth-order valence-corrected chi connectivity index (χ4v) is 2.60. The van der Waals surface area contributed by atoms with Crippen LogP contribution in [0.3, 0.4) is 0 Å². The number of fused-ring (bicyclic) bond motifs is 3. The Kier molecular flexibility index (Phi) is 2.67. The van der Waals surface area contributed by atoms with Crippen LogP contribution in [0, 0.1) is 0 Å². The van der Waals surface area contributed by atoms with Gasteiger partial charge in [-0.25, -0.2) is 0 Å². The number of benzene rings is 2. The van der Waals surface area contributed by atoms with Gasteiger partial charge in [0.2, 0.25) is 0 Å². The number of nitrogens with zero attached hydrogens (tertiary/aromatic N) is 2. The lowest BCUT2D eigenvalue weighted by Gasteiger charge is -2.04. The van der Waals surface area contributed by atoms with Gasteiger partial charge in [0.25, 0.3) is 0 Å². The lowest BCUT2D eigenvalue weighted by atomic mass is 10.1. The van der Waals surface area contributed by atoms with Crippen LogP contribution in [0.1, 0.15) is 5.56 Å². The SMILES string of the molecule is Cn1cc(CNc2ccc3oc4ccccc4c3c2)cn1. The molecule has 2 aromatic heterocycles. The van der Waals surface area contributed by atoms with Crippen molar-refractivity contribution < 1.29 is 4.42 Å². The third kappa shape index (κ3) is 2.14. The summed E-state index contributed by atoms with van der Waals surface area (Å²) >= 11 is 0. The molecule has 4 nitrogen and oxygen atoms in total. The van der Waals surface area contributed by atoms with Crippen LogP contribution in [0.2, 0.25) is 0 Å². The molecule has 4 heteroatoms. The van der Waals surface area contributed by atoms with Gasteiger partial charge in [-0.2, -0.15) is 5.10 Å². The molecule has 21 heavy (non-hydrogen) atoms. The summed E-state index contributed by atoms with van der Waals surface area (Å²) in [4.78, 5) is 0. The number of aromatic nitrogens is 2. The maximum Gasteiger partial charge on any atom is 0.135 e. The van der Waals surface area contributed by atoms with Gasteiger partial charge in [-0.3, -0.25) is 4.68 Å². The van der Waals surface area contributed by atoms with Crippen molar-refractivity contribution in [2.45, 2.75) is 6.54 Å². The molecular weight excluding hydrogens is 262 g/mol. The smallest absolute Gasteiger partial charge is 0.135 e. The van der Waals surface area contributed by atoms with E-state index in [0.717, 1.165) is 39.7 Å². The van der Waals surface area contributed by atoms with E-state index in [1.54, 1.807) is 0 Å². The Hall–Kier alpha value is -2.75. The first kappa shape index (κ1) is 12.0. The highest BCUT2D eigenvalue weighted by atomic mass is 16.3. The van der Waals surface area contributed by atoms with Gasteiger partial charge in [-0.1, -0.05) is 18.2 Å². The molecule has 0 radical (unpaired) electrons. The van der Waals surface area contributed by atoms with Crippen molar-refractivity contribution >= 4 is 27.6 Å². The van der Waals surface area contributed by atoms with E-state index in [1.807, 2.05) is 54.5 Å². The minimum Gasteiger partial charge on any atom is -0.456 e. The molecule has 0 saturated carbocycles. The predicted octanol–water partition coefficient (Wildman–Crippen LogP) is 3.93. The zero-order chi connectivity index (χ0) is 14.2. The molecule has 0 spiro atoms. The maximum atomic E-state index is 5.83. The Morgan fingerprint density at radius 3 is 2.81 bits per heavy atom. The van der Waals surface area contributed by atoms with E-state index in [9.17, 15) is 0 Å². The second-order valence-corrected chi connectivity index (χ2v) is 5.18. The summed E-state index contributed by atoms with van der Waals surface area (Å²) in [5, 5.41) is 9.89. The fourth-order valence-electron chi connectivity index (χ4n) is 2.60. The number of para-hydroxylation sites is 1. The monoisotopic (exact) mass is 277 g/mol. The molecule has 0 aliphatic rings. The minimum absolute atomic E-state index is 0.759. The standard InChI is InChI=1S/C17H15N3O/c1-20-11-12(10-19-20)9-18-13-6-7-17-15(8-13)14-4-2-3-5-16(14)21-17/h2-8,10-11,18H,9H2,1H3. The number of hydrogen-bond acceptors (Lipinski definition) is 3. The first-order valence-electron chi connectivity index (χ1n) is 6.92. The Balaban J connectivity index is 1.68. The van der Waals surface area contributed by atoms with Crippen LogP contribution in [-0.4, -0.2) is 9.78 Å². The summed E-state index contributed by atoms with van der Waals surface area (Å²) in [5.74, 6) is 0. The molecule has 0 unspecified atom stereocenters. The molecule has 0 atom stereocenters. The van der Waals surface area contributed by atoms with Crippen LogP contribution in [0.5, 0.6) is 0 Å². The van der Waals surface area contributed by atoms with Crippen LogP contribution >= 0.6 is 0 Å². The molecule has 0 saturated heterocycles. The molecule has 0 fully saturated rings. The summed E-state index contributed by atoms with van der Waals surface area (Å²) in [7, 11) is 1.92. The molecular formula is C17H15N3O. The summed E-state index contributed by atoms with van der Waals surface area (Å²) in [6, 6.07) is 14.3. The first-order valence-corrected chi connectivity index (χ1v) is 6.92. The Morgan fingerprint density at radius 2 is 1.95 bits per heavy atom. The predicted molar refractivity (Wildman–Crippen MR) is 84.3 cm³/mol. The third-order valence-electron chi connectivity index (χ3n) is 3.63. The molecule has 0 aliphatic carbocycles. The second kappa shape index (κ2) is 4.66. The van der Waals surface area contributed by atoms with Gasteiger partial charge in [-0.05, 0) is 24.3 Å². The van der Waals surface area contributed by atoms with E-state index in [4.69, 9.17) is 4.42 Å². The zero-order valence-corrected chi connectivity index (χ0v) is 11.7. The van der Waals surface area contributed by atoms with Crippen molar-refractivity contribution in [1.82, 2.24) is 9.78 Å². The number of anilines is 1. The number of nitrogens with one attached hydrogen (secondary N) is 1. The molecule has 2 aromatic carbocycles. The number of rotatable bonds is 3. The second-order valence-electron chi connectivity index (χ2n) is 5.18. The van der Waals surface area contributed by atoms with Gasteiger partial charge in [0.1, 0.15) is 11.2 Å². The Bertz CT molecular complexity index is 920. The molecule has 104 valence electrons. The van der Waals surface area contributed by atoms with E-state index in [-0.39, 0.29) is 0 Å². The minimum atomic E-state index is 0.759. The normalized spacial score (nSPS) is 11.3. The van der Waals surface area contributed by atoms with Gasteiger partial charge in [0.05, 0.1) is 6.20 Å². The molecule has 0 bridgehead atoms. The van der Waals surface area contributed by atoms with Crippen LogP contribution in [0.4, 0.5) is 5.69 Å². The molecule has 1 N–H and O–H groups in total. The highest BCUT2D eigenvalue weighted by Gasteiger charge is 2.06. The van der Waals surface area contributed by atoms with Crippen molar-refractivity contribution in [2.75, 3.05) is 5.32 Å². The molecule has 4 rings (SSSR count). The zero-order valence-electron chi connectivity index (χ0n) is 11.7. The van der Waals surface area contributed by atoms with E-state index < -0.39 is 0 Å². The Labute approximate surface area is 122 Å². The summed E-state index contributed by atoms with van der Waals surface area (Å²) in [6.07, 6.45) is 3.89. The van der Waals surface area contributed by atoms with Crippen LogP contribution < -0.4 is 5.32 Å². The third-order valence-corrected chi connectivity index (χ3v) is 3.63. The van der Waals surface area contributed by atoms with Crippen molar-refractivity contribution in [3.63, 3.8) is 0 Å². The quantitative estimate of drug-likeness (QED) is 0.617. The van der Waals surface area contributed by atoms with Gasteiger partial charge in [0, 0.05) is 41.8 Å². The van der Waals surface area contributed by atoms with Gasteiger partial charge < -0.3 is 9.73 Å². The number of furan rings is 1. The van der Waals surface area contributed by atoms with Crippen LogP contribution in [0.25, 0.3) is 21.9 Å². The van der Waals surface area contributed by atoms with E-state index >= 15 is 0 Å². The topological polar surface area (TPSA) is 43.0 Å². The summed E-state index contributed by atoms with van der Waals surface area (Å²) < 4.78 is 7.64.